The third kappa shape index (κ3) is 7.23. The Hall–Kier alpha value is -4.54. The van der Waals surface area contributed by atoms with E-state index in [-0.39, 0.29) is 18.4 Å². The molecule has 0 unspecified atom stereocenters. The molecule has 10 nitrogen and oxygen atoms in total. The van der Waals surface area contributed by atoms with Gasteiger partial charge in [-0.15, -0.1) is 12.4 Å². The molecule has 3 heterocycles. The Morgan fingerprint density at radius 1 is 0.694 bits per heavy atom. The normalized spacial score (nSPS) is 9.92. The van der Waals surface area contributed by atoms with Gasteiger partial charge in [-0.25, -0.2) is 14.6 Å². The number of nitrogens with zero attached hydrogens (tertiary/aromatic N) is 6. The molecule has 0 bridgehead atoms. The van der Waals surface area contributed by atoms with Crippen molar-refractivity contribution in [2.45, 2.75) is 13.1 Å². The minimum atomic E-state index is 0. The van der Waals surface area contributed by atoms with Crippen LogP contribution in [0, 0.1) is 0 Å². The van der Waals surface area contributed by atoms with Crippen LogP contribution in [0.25, 0.3) is 0 Å². The van der Waals surface area contributed by atoms with E-state index in [1.54, 1.807) is 18.5 Å². The Bertz CT molecular complexity index is 1340. The summed E-state index contributed by atoms with van der Waals surface area (Å²) in [5, 5.41) is 11.0. The monoisotopic (exact) mass is 504 g/mol. The average molecular weight is 505 g/mol. The molecule has 0 saturated heterocycles. The van der Waals surface area contributed by atoms with E-state index in [1.807, 2.05) is 78.9 Å². The van der Waals surface area contributed by atoms with Crippen LogP contribution in [0.4, 0.5) is 5.95 Å². The van der Waals surface area contributed by atoms with Crippen molar-refractivity contribution in [3.63, 3.8) is 0 Å². The van der Waals surface area contributed by atoms with Gasteiger partial charge in [0.25, 0.3) is 0 Å². The number of rotatable bonds is 7. The standard InChI is InChI=1S/C13H12N6O.C12H12N2O.ClH/c14-13-16-17-18-19(13)9-10-5-1-2-6-11(10)20-12-7-3-4-8-15-12;13-9-10-5-1-2-6-11(10)15-12-7-3-4-8-14-12;/h1-8H,9H2,(H2,14,16,18);1-8H,9,13H2;1H. The first kappa shape index (κ1) is 26.1. The average Bonchev–Trinajstić information content (AvgIpc) is 3.31. The van der Waals surface area contributed by atoms with Crippen LogP contribution in [0.5, 0.6) is 23.3 Å². The summed E-state index contributed by atoms with van der Waals surface area (Å²) in [6, 6.07) is 26.3. The van der Waals surface area contributed by atoms with E-state index in [1.165, 1.54) is 4.68 Å². The molecule has 5 aromatic rings. The molecule has 0 atom stereocenters. The molecule has 36 heavy (non-hydrogen) atoms. The van der Waals surface area contributed by atoms with Gasteiger partial charge in [0.05, 0.1) is 6.54 Å². The number of pyridine rings is 2. The maximum atomic E-state index is 5.76. The van der Waals surface area contributed by atoms with Gasteiger partial charge in [0.2, 0.25) is 17.7 Å². The van der Waals surface area contributed by atoms with Crippen LogP contribution < -0.4 is 20.9 Å². The molecule has 0 aliphatic carbocycles. The SMILES string of the molecule is Cl.NCc1ccccc1Oc1ccccn1.Nc1nnnn1Cc1ccccc1Oc1ccccn1. The molecular weight excluding hydrogens is 480 g/mol. The molecule has 0 saturated carbocycles. The number of anilines is 1. The predicted molar refractivity (Wildman–Crippen MR) is 138 cm³/mol. The van der Waals surface area contributed by atoms with Gasteiger partial charge in [-0.1, -0.05) is 53.6 Å². The quantitative estimate of drug-likeness (QED) is 0.333. The number of hydrogen-bond acceptors (Lipinski definition) is 9. The highest BCUT2D eigenvalue weighted by Gasteiger charge is 2.09. The molecular formula is C25H25ClN8O2. The van der Waals surface area contributed by atoms with Crippen molar-refractivity contribution in [1.29, 1.82) is 0 Å². The summed E-state index contributed by atoms with van der Waals surface area (Å²) >= 11 is 0. The molecule has 0 amide bonds. The summed E-state index contributed by atoms with van der Waals surface area (Å²) in [6.45, 7) is 0.894. The molecule has 0 aliphatic heterocycles. The summed E-state index contributed by atoms with van der Waals surface area (Å²) in [5.74, 6) is 2.83. The number of benzene rings is 2. The Kier molecular flexibility index (Phi) is 9.69. The molecule has 0 aliphatic rings. The highest BCUT2D eigenvalue weighted by Crippen LogP contribution is 2.25. The number of nitrogen functional groups attached to an aromatic ring is 1. The lowest BCUT2D eigenvalue weighted by Crippen LogP contribution is -2.07. The number of tetrazole rings is 1. The topological polar surface area (TPSA) is 140 Å². The van der Waals surface area contributed by atoms with Gasteiger partial charge in [-0.05, 0) is 34.7 Å². The van der Waals surface area contributed by atoms with E-state index in [9.17, 15) is 0 Å². The van der Waals surface area contributed by atoms with Crippen LogP contribution in [0.1, 0.15) is 11.1 Å². The molecule has 5 rings (SSSR count). The number of ether oxygens (including phenoxy) is 2. The number of nitrogens with two attached hydrogens (primary N) is 2. The van der Waals surface area contributed by atoms with Crippen molar-refractivity contribution in [1.82, 2.24) is 30.2 Å². The fraction of sp³-hybridized carbons (Fsp3) is 0.0800. The number of para-hydroxylation sites is 2. The summed E-state index contributed by atoms with van der Waals surface area (Å²) < 4.78 is 12.9. The summed E-state index contributed by atoms with van der Waals surface area (Å²) in [6.07, 6.45) is 3.37. The maximum Gasteiger partial charge on any atom is 0.240 e. The fourth-order valence-corrected chi connectivity index (χ4v) is 3.03. The Labute approximate surface area is 214 Å². The van der Waals surface area contributed by atoms with E-state index in [4.69, 9.17) is 20.9 Å². The number of aromatic nitrogens is 6. The second-order valence-electron chi connectivity index (χ2n) is 7.15. The lowest BCUT2D eigenvalue weighted by atomic mass is 10.2. The number of hydrogen-bond donors (Lipinski definition) is 2. The van der Waals surface area contributed by atoms with Crippen molar-refractivity contribution in [3.05, 3.63) is 108 Å². The fourth-order valence-electron chi connectivity index (χ4n) is 3.03. The zero-order valence-electron chi connectivity index (χ0n) is 19.2. The van der Waals surface area contributed by atoms with Crippen LogP contribution in [-0.4, -0.2) is 30.2 Å². The van der Waals surface area contributed by atoms with Gasteiger partial charge in [-0.2, -0.15) is 0 Å². The third-order valence-corrected chi connectivity index (χ3v) is 4.75. The Morgan fingerprint density at radius 2 is 1.22 bits per heavy atom. The molecule has 3 aromatic heterocycles. The van der Waals surface area contributed by atoms with Crippen LogP contribution in [0.3, 0.4) is 0 Å². The second kappa shape index (κ2) is 13.4. The molecule has 2 aromatic carbocycles. The minimum Gasteiger partial charge on any atom is -0.439 e. The Balaban J connectivity index is 0.000000203. The minimum absolute atomic E-state index is 0. The lowest BCUT2D eigenvalue weighted by Gasteiger charge is -2.10. The van der Waals surface area contributed by atoms with Crippen molar-refractivity contribution in [3.8, 4) is 23.3 Å². The zero-order chi connectivity index (χ0) is 24.3. The van der Waals surface area contributed by atoms with Crippen molar-refractivity contribution < 1.29 is 9.47 Å². The molecule has 0 fully saturated rings. The van der Waals surface area contributed by atoms with Crippen molar-refractivity contribution in [2.75, 3.05) is 5.73 Å². The van der Waals surface area contributed by atoms with Crippen molar-refractivity contribution in [2.24, 2.45) is 5.73 Å². The van der Waals surface area contributed by atoms with Gasteiger partial charge < -0.3 is 20.9 Å². The van der Waals surface area contributed by atoms with E-state index in [0.29, 0.717) is 30.6 Å². The first-order chi connectivity index (χ1) is 17.2. The molecule has 4 N–H and O–H groups in total. The maximum absolute atomic E-state index is 5.76. The molecule has 0 spiro atoms. The smallest absolute Gasteiger partial charge is 0.240 e. The highest BCUT2D eigenvalue weighted by atomic mass is 35.5. The third-order valence-electron chi connectivity index (χ3n) is 4.75. The van der Waals surface area contributed by atoms with Gasteiger partial charge in [0, 0.05) is 42.2 Å². The van der Waals surface area contributed by atoms with Gasteiger partial charge in [0.1, 0.15) is 11.5 Å². The zero-order valence-corrected chi connectivity index (χ0v) is 20.0. The van der Waals surface area contributed by atoms with Gasteiger partial charge in [-0.3, -0.25) is 0 Å². The van der Waals surface area contributed by atoms with Crippen LogP contribution >= 0.6 is 12.4 Å². The number of halogens is 1. The second-order valence-corrected chi connectivity index (χ2v) is 7.15. The summed E-state index contributed by atoms with van der Waals surface area (Å²) in [4.78, 5) is 8.22. The molecule has 0 radical (unpaired) electrons. The van der Waals surface area contributed by atoms with Crippen molar-refractivity contribution >= 4 is 18.4 Å². The van der Waals surface area contributed by atoms with E-state index in [2.05, 4.69) is 25.5 Å². The van der Waals surface area contributed by atoms with Gasteiger partial charge in [0.15, 0.2) is 0 Å². The summed E-state index contributed by atoms with van der Waals surface area (Å²) in [5.41, 5.74) is 13.2. The first-order valence-corrected chi connectivity index (χ1v) is 10.8. The van der Waals surface area contributed by atoms with Crippen LogP contribution in [0.15, 0.2) is 97.3 Å². The largest absolute Gasteiger partial charge is 0.439 e. The van der Waals surface area contributed by atoms with E-state index < -0.39 is 0 Å². The van der Waals surface area contributed by atoms with Crippen LogP contribution in [-0.2, 0) is 13.1 Å². The van der Waals surface area contributed by atoms with Gasteiger partial charge >= 0.3 is 0 Å². The lowest BCUT2D eigenvalue weighted by molar-refractivity contribution is 0.453. The van der Waals surface area contributed by atoms with E-state index >= 15 is 0 Å². The molecule has 11 heteroatoms. The Morgan fingerprint density at radius 3 is 1.72 bits per heavy atom. The van der Waals surface area contributed by atoms with E-state index in [0.717, 1.165) is 16.9 Å². The predicted octanol–water partition coefficient (Wildman–Crippen LogP) is 4.25. The highest BCUT2D eigenvalue weighted by molar-refractivity contribution is 5.85. The summed E-state index contributed by atoms with van der Waals surface area (Å²) in [7, 11) is 0. The van der Waals surface area contributed by atoms with Crippen LogP contribution in [0.2, 0.25) is 0 Å². The first-order valence-electron chi connectivity index (χ1n) is 10.8. The molecule has 184 valence electrons.